The summed E-state index contributed by atoms with van der Waals surface area (Å²) in [5.74, 6) is 0. The van der Waals surface area contributed by atoms with E-state index in [0.717, 1.165) is 13.0 Å². The fraction of sp³-hybridized carbons (Fsp3) is 0.556. The summed E-state index contributed by atoms with van der Waals surface area (Å²) < 4.78 is 2.23. The molecule has 0 saturated carbocycles. The van der Waals surface area contributed by atoms with Gasteiger partial charge in [-0.1, -0.05) is 11.6 Å². The van der Waals surface area contributed by atoms with E-state index in [0.29, 0.717) is 6.54 Å². The predicted octanol–water partition coefficient (Wildman–Crippen LogP) is 2.89. The Kier molecular flexibility index (Phi) is 4.32. The number of likely N-dealkylation sites (tertiary alicyclic amines) is 1. The Labute approximate surface area is 127 Å². The van der Waals surface area contributed by atoms with E-state index in [9.17, 15) is 5.11 Å². The van der Waals surface area contributed by atoms with E-state index in [4.69, 9.17) is 0 Å². The van der Waals surface area contributed by atoms with Crippen LogP contribution in [0.1, 0.15) is 29.5 Å². The van der Waals surface area contributed by atoms with Crippen molar-refractivity contribution in [2.24, 2.45) is 0 Å². The number of rotatable bonds is 5. The molecule has 2 heterocycles. The number of aryl methyl sites for hydroxylation is 2. The van der Waals surface area contributed by atoms with Gasteiger partial charge in [0.25, 0.3) is 0 Å². The Hall–Kier alpha value is -1.32. The molecule has 3 heteroatoms. The number of hydrogen-bond donors (Lipinski definition) is 1. The fourth-order valence-corrected chi connectivity index (χ4v) is 3.68. The van der Waals surface area contributed by atoms with Crippen LogP contribution in [0.25, 0.3) is 10.9 Å². The summed E-state index contributed by atoms with van der Waals surface area (Å²) in [4.78, 5) is 2.57. The van der Waals surface area contributed by atoms with Crippen molar-refractivity contribution in [1.82, 2.24) is 9.47 Å². The summed E-state index contributed by atoms with van der Waals surface area (Å²) in [5, 5.41) is 10.7. The van der Waals surface area contributed by atoms with Gasteiger partial charge in [-0.15, -0.1) is 0 Å². The van der Waals surface area contributed by atoms with Crippen molar-refractivity contribution in [3.8, 4) is 0 Å². The number of hydrogen-bond acceptors (Lipinski definition) is 2. The van der Waals surface area contributed by atoms with Crippen molar-refractivity contribution in [3.63, 3.8) is 0 Å². The monoisotopic (exact) mass is 286 g/mol. The normalized spacial score (nSPS) is 16.1. The van der Waals surface area contributed by atoms with Crippen LogP contribution in [0.2, 0.25) is 0 Å². The van der Waals surface area contributed by atoms with Gasteiger partial charge in [-0.3, -0.25) is 0 Å². The second-order valence-corrected chi connectivity index (χ2v) is 6.35. The number of fused-ring (bicyclic) bond motifs is 1. The summed E-state index contributed by atoms with van der Waals surface area (Å²) in [6.45, 7) is 8.90. The zero-order valence-corrected chi connectivity index (χ0v) is 13.2. The van der Waals surface area contributed by atoms with Gasteiger partial charge < -0.3 is 14.6 Å². The van der Waals surface area contributed by atoms with E-state index in [1.54, 1.807) is 0 Å². The van der Waals surface area contributed by atoms with E-state index >= 15 is 0 Å². The molecule has 0 spiro atoms. The molecule has 2 aromatic rings. The maximum Gasteiger partial charge on any atom is 0.0610 e. The zero-order valence-electron chi connectivity index (χ0n) is 13.2. The maximum absolute atomic E-state index is 9.31. The fourth-order valence-electron chi connectivity index (χ4n) is 3.68. The molecule has 1 aliphatic rings. The molecule has 0 radical (unpaired) electrons. The molecule has 1 aliphatic heterocycles. The first-order chi connectivity index (χ1) is 10.2. The Bertz CT molecular complexity index is 624. The Balaban J connectivity index is 1.92. The van der Waals surface area contributed by atoms with Crippen molar-refractivity contribution in [2.75, 3.05) is 26.2 Å². The van der Waals surface area contributed by atoms with Gasteiger partial charge >= 0.3 is 0 Å². The number of aliphatic hydroxyl groups excluding tert-OH is 1. The molecular weight excluding hydrogens is 260 g/mol. The van der Waals surface area contributed by atoms with Gasteiger partial charge in [-0.2, -0.15) is 0 Å². The first kappa shape index (κ1) is 14.6. The van der Waals surface area contributed by atoms with Gasteiger partial charge in [0, 0.05) is 24.7 Å². The summed E-state index contributed by atoms with van der Waals surface area (Å²) in [6.07, 6.45) is 6.07. The van der Waals surface area contributed by atoms with Crippen molar-refractivity contribution in [2.45, 2.75) is 39.7 Å². The third-order valence-corrected chi connectivity index (χ3v) is 4.63. The third kappa shape index (κ3) is 2.99. The standard InChI is InChI=1S/C18H26N2O/c1-14-11-15(2)18-17(12-14)16(13-20(18)9-10-21)5-8-19-6-3-4-7-19/h11-13,21H,3-10H2,1-2H3. The molecule has 114 valence electrons. The average molecular weight is 286 g/mol. The van der Waals surface area contributed by atoms with E-state index in [2.05, 4.69) is 41.6 Å². The molecule has 1 N–H and O–H groups in total. The van der Waals surface area contributed by atoms with E-state index in [-0.39, 0.29) is 6.61 Å². The highest BCUT2D eigenvalue weighted by Crippen LogP contribution is 2.27. The first-order valence-electron chi connectivity index (χ1n) is 8.11. The van der Waals surface area contributed by atoms with Crippen molar-refractivity contribution in [3.05, 3.63) is 35.0 Å². The van der Waals surface area contributed by atoms with Crippen LogP contribution in [0.5, 0.6) is 0 Å². The predicted molar refractivity (Wildman–Crippen MR) is 87.9 cm³/mol. The van der Waals surface area contributed by atoms with Crippen LogP contribution in [0.15, 0.2) is 18.3 Å². The Morgan fingerprint density at radius 3 is 2.57 bits per heavy atom. The molecule has 1 aromatic carbocycles. The van der Waals surface area contributed by atoms with E-state index in [1.807, 2.05) is 0 Å². The number of nitrogens with zero attached hydrogens (tertiary/aromatic N) is 2. The molecule has 21 heavy (non-hydrogen) atoms. The second kappa shape index (κ2) is 6.20. The van der Waals surface area contributed by atoms with Crippen LogP contribution in [0.3, 0.4) is 0 Å². The lowest BCUT2D eigenvalue weighted by Gasteiger charge is -2.13. The van der Waals surface area contributed by atoms with Crippen LogP contribution >= 0.6 is 0 Å². The van der Waals surface area contributed by atoms with Gasteiger partial charge in [-0.25, -0.2) is 0 Å². The van der Waals surface area contributed by atoms with Crippen molar-refractivity contribution in [1.29, 1.82) is 0 Å². The van der Waals surface area contributed by atoms with Crippen LogP contribution in [0.4, 0.5) is 0 Å². The van der Waals surface area contributed by atoms with Crippen LogP contribution < -0.4 is 0 Å². The lowest BCUT2D eigenvalue weighted by atomic mass is 10.0. The first-order valence-corrected chi connectivity index (χ1v) is 8.11. The molecule has 1 aromatic heterocycles. The van der Waals surface area contributed by atoms with Crippen LogP contribution in [0, 0.1) is 13.8 Å². The molecule has 3 nitrogen and oxygen atoms in total. The third-order valence-electron chi connectivity index (χ3n) is 4.63. The quantitative estimate of drug-likeness (QED) is 0.915. The summed E-state index contributed by atoms with van der Waals surface area (Å²) in [5.41, 5.74) is 5.36. The second-order valence-electron chi connectivity index (χ2n) is 6.35. The molecule has 3 rings (SSSR count). The highest BCUT2D eigenvalue weighted by atomic mass is 16.3. The molecule has 0 amide bonds. The Morgan fingerprint density at radius 1 is 1.10 bits per heavy atom. The number of aromatic nitrogens is 1. The SMILES string of the molecule is Cc1cc(C)c2c(c1)c(CCN1CCCC1)cn2CCO. The van der Waals surface area contributed by atoms with E-state index in [1.165, 1.54) is 53.5 Å². The Morgan fingerprint density at radius 2 is 1.86 bits per heavy atom. The number of aliphatic hydroxyl groups is 1. The minimum atomic E-state index is 0.197. The lowest BCUT2D eigenvalue weighted by molar-refractivity contribution is 0.278. The molecule has 0 aliphatic carbocycles. The van der Waals surface area contributed by atoms with Crippen LogP contribution in [-0.2, 0) is 13.0 Å². The number of benzene rings is 1. The summed E-state index contributed by atoms with van der Waals surface area (Å²) >= 11 is 0. The molecule has 0 bridgehead atoms. The molecular formula is C18H26N2O. The van der Waals surface area contributed by atoms with Gasteiger partial charge in [0.05, 0.1) is 12.1 Å². The van der Waals surface area contributed by atoms with Gasteiger partial charge in [0.1, 0.15) is 0 Å². The van der Waals surface area contributed by atoms with Crippen molar-refractivity contribution >= 4 is 10.9 Å². The molecule has 1 fully saturated rings. The molecule has 1 saturated heterocycles. The lowest BCUT2D eigenvalue weighted by Crippen LogP contribution is -2.21. The van der Waals surface area contributed by atoms with Gasteiger partial charge in [0.2, 0.25) is 0 Å². The topological polar surface area (TPSA) is 28.4 Å². The zero-order chi connectivity index (χ0) is 14.8. The van der Waals surface area contributed by atoms with Gasteiger partial charge in [-0.05, 0) is 63.4 Å². The van der Waals surface area contributed by atoms with Crippen LogP contribution in [-0.4, -0.2) is 40.8 Å². The molecule has 0 unspecified atom stereocenters. The maximum atomic E-state index is 9.31. The van der Waals surface area contributed by atoms with Crippen molar-refractivity contribution < 1.29 is 5.11 Å². The molecule has 0 atom stereocenters. The summed E-state index contributed by atoms with van der Waals surface area (Å²) in [6, 6.07) is 4.54. The summed E-state index contributed by atoms with van der Waals surface area (Å²) in [7, 11) is 0. The van der Waals surface area contributed by atoms with E-state index < -0.39 is 0 Å². The minimum Gasteiger partial charge on any atom is -0.395 e. The highest BCUT2D eigenvalue weighted by Gasteiger charge is 2.15. The highest BCUT2D eigenvalue weighted by molar-refractivity contribution is 5.87. The van der Waals surface area contributed by atoms with Gasteiger partial charge in [0.15, 0.2) is 0 Å². The minimum absolute atomic E-state index is 0.197. The largest absolute Gasteiger partial charge is 0.395 e. The smallest absolute Gasteiger partial charge is 0.0610 e. The average Bonchev–Trinajstić information content (AvgIpc) is 3.05.